The van der Waals surface area contributed by atoms with Crippen LogP contribution in [0.2, 0.25) is 0 Å². The second-order valence-electron chi connectivity index (χ2n) is 7.44. The van der Waals surface area contributed by atoms with E-state index in [2.05, 4.69) is 11.4 Å². The van der Waals surface area contributed by atoms with E-state index in [1.54, 1.807) is 32.9 Å². The summed E-state index contributed by atoms with van der Waals surface area (Å²) in [5.74, 6) is 0.430. The van der Waals surface area contributed by atoms with Gasteiger partial charge in [0.05, 0.1) is 11.8 Å². The van der Waals surface area contributed by atoms with Gasteiger partial charge in [-0.3, -0.25) is 15.0 Å². The molecule has 0 aliphatic carbocycles. The van der Waals surface area contributed by atoms with Crippen LogP contribution < -0.4 is 5.32 Å². The zero-order valence-corrected chi connectivity index (χ0v) is 18.2. The standard InChI is InChI=1S/C21H26N4O4S/c1-15-17(3)29-21(19(15)13-22)23-20(26)16(2)24-9-11-25(12-10-24)30(27,28)14-18-7-5-4-6-8-18/h4-8,16H,9-12,14H2,1-3H3,(H,23,26). The van der Waals surface area contributed by atoms with Crippen LogP contribution in [0.25, 0.3) is 0 Å². The highest BCUT2D eigenvalue weighted by atomic mass is 32.2. The number of benzene rings is 1. The molecule has 1 N–H and O–H groups in total. The molecule has 0 saturated carbocycles. The highest BCUT2D eigenvalue weighted by molar-refractivity contribution is 7.88. The Morgan fingerprint density at radius 3 is 2.43 bits per heavy atom. The van der Waals surface area contributed by atoms with Gasteiger partial charge in [0.25, 0.3) is 0 Å². The lowest BCUT2D eigenvalue weighted by atomic mass is 10.2. The number of anilines is 1. The molecule has 1 unspecified atom stereocenters. The lowest BCUT2D eigenvalue weighted by Crippen LogP contribution is -2.54. The highest BCUT2D eigenvalue weighted by Gasteiger charge is 2.31. The van der Waals surface area contributed by atoms with Crippen molar-refractivity contribution in [2.75, 3.05) is 31.5 Å². The van der Waals surface area contributed by atoms with Gasteiger partial charge in [0.15, 0.2) is 0 Å². The predicted molar refractivity (Wildman–Crippen MR) is 113 cm³/mol. The molecule has 1 aliphatic rings. The van der Waals surface area contributed by atoms with Crippen LogP contribution in [0.3, 0.4) is 0 Å². The molecule has 2 aromatic rings. The summed E-state index contributed by atoms with van der Waals surface area (Å²) in [4.78, 5) is 14.6. The molecule has 1 aromatic heterocycles. The molecule has 1 atom stereocenters. The second kappa shape index (κ2) is 9.00. The van der Waals surface area contributed by atoms with Crippen LogP contribution in [-0.4, -0.2) is 55.8 Å². The van der Waals surface area contributed by atoms with E-state index >= 15 is 0 Å². The topological polar surface area (TPSA) is 107 Å². The largest absolute Gasteiger partial charge is 0.444 e. The summed E-state index contributed by atoms with van der Waals surface area (Å²) in [5, 5.41) is 12.0. The van der Waals surface area contributed by atoms with Crippen molar-refractivity contribution in [3.8, 4) is 6.07 Å². The molecule has 1 saturated heterocycles. The lowest BCUT2D eigenvalue weighted by Gasteiger charge is -2.36. The van der Waals surface area contributed by atoms with Crippen LogP contribution in [0.5, 0.6) is 0 Å². The predicted octanol–water partition coefficient (Wildman–Crippen LogP) is 2.24. The highest BCUT2D eigenvalue weighted by Crippen LogP contribution is 2.25. The average molecular weight is 431 g/mol. The van der Waals surface area contributed by atoms with Gasteiger partial charge in [0.2, 0.25) is 21.8 Å². The number of hydrogen-bond donors (Lipinski definition) is 1. The molecule has 1 aliphatic heterocycles. The molecular weight excluding hydrogens is 404 g/mol. The van der Waals surface area contributed by atoms with Crippen LogP contribution in [0.1, 0.15) is 29.4 Å². The Morgan fingerprint density at radius 1 is 1.20 bits per heavy atom. The van der Waals surface area contributed by atoms with Crippen molar-refractivity contribution in [1.82, 2.24) is 9.21 Å². The molecule has 0 bridgehead atoms. The smallest absolute Gasteiger partial charge is 0.243 e. The fourth-order valence-electron chi connectivity index (χ4n) is 3.48. The first-order valence-electron chi connectivity index (χ1n) is 9.79. The maximum absolute atomic E-state index is 12.7. The molecule has 0 radical (unpaired) electrons. The first-order valence-corrected chi connectivity index (χ1v) is 11.4. The van der Waals surface area contributed by atoms with Crippen LogP contribution in [0.15, 0.2) is 34.7 Å². The van der Waals surface area contributed by atoms with Crippen molar-refractivity contribution in [3.63, 3.8) is 0 Å². The summed E-state index contributed by atoms with van der Waals surface area (Å²) in [5.41, 5.74) is 1.78. The van der Waals surface area contributed by atoms with E-state index in [1.807, 2.05) is 23.1 Å². The van der Waals surface area contributed by atoms with E-state index < -0.39 is 16.1 Å². The summed E-state index contributed by atoms with van der Waals surface area (Å²) < 4.78 is 32.4. The molecule has 160 valence electrons. The van der Waals surface area contributed by atoms with Crippen molar-refractivity contribution in [3.05, 3.63) is 52.8 Å². The molecule has 8 nitrogen and oxygen atoms in total. The van der Waals surface area contributed by atoms with Crippen molar-refractivity contribution in [2.45, 2.75) is 32.6 Å². The average Bonchev–Trinajstić information content (AvgIpc) is 3.00. The molecule has 2 heterocycles. The number of carbonyl (C=O) groups excluding carboxylic acids is 1. The Morgan fingerprint density at radius 2 is 1.83 bits per heavy atom. The van der Waals surface area contributed by atoms with Crippen LogP contribution >= 0.6 is 0 Å². The van der Waals surface area contributed by atoms with Gasteiger partial charge in [0, 0.05) is 31.7 Å². The van der Waals surface area contributed by atoms with Gasteiger partial charge >= 0.3 is 0 Å². The third kappa shape index (κ3) is 4.73. The van der Waals surface area contributed by atoms with Crippen molar-refractivity contribution in [2.24, 2.45) is 0 Å². The number of nitrogens with zero attached hydrogens (tertiary/aromatic N) is 3. The minimum atomic E-state index is -3.41. The minimum Gasteiger partial charge on any atom is -0.444 e. The fraction of sp³-hybridized carbons (Fsp3) is 0.429. The third-order valence-electron chi connectivity index (χ3n) is 5.52. The Balaban J connectivity index is 1.58. The van der Waals surface area contributed by atoms with Crippen molar-refractivity contribution in [1.29, 1.82) is 5.26 Å². The normalized spacial score (nSPS) is 16.7. The van der Waals surface area contributed by atoms with Crippen LogP contribution in [0, 0.1) is 25.2 Å². The molecule has 1 amide bonds. The second-order valence-corrected chi connectivity index (χ2v) is 9.41. The van der Waals surface area contributed by atoms with Crippen LogP contribution in [-0.2, 0) is 20.6 Å². The van der Waals surface area contributed by atoms with E-state index in [-0.39, 0.29) is 17.5 Å². The molecular formula is C21H26N4O4S. The van der Waals surface area contributed by atoms with Gasteiger partial charge in [-0.15, -0.1) is 0 Å². The number of piperazine rings is 1. The number of carbonyl (C=O) groups is 1. The monoisotopic (exact) mass is 430 g/mol. The number of rotatable bonds is 6. The van der Waals surface area contributed by atoms with Crippen LogP contribution in [0.4, 0.5) is 5.88 Å². The fourth-order valence-corrected chi connectivity index (χ4v) is 4.99. The Hall–Kier alpha value is -2.67. The number of furan rings is 1. The Kier molecular flexibility index (Phi) is 6.61. The quantitative estimate of drug-likeness (QED) is 0.753. The number of amides is 1. The van der Waals surface area contributed by atoms with E-state index in [9.17, 15) is 18.5 Å². The molecule has 9 heteroatoms. The summed E-state index contributed by atoms with van der Waals surface area (Å²) in [6, 6.07) is 10.7. The Labute approximate surface area is 177 Å². The number of hydrogen-bond acceptors (Lipinski definition) is 6. The molecule has 30 heavy (non-hydrogen) atoms. The van der Waals surface area contributed by atoms with Gasteiger partial charge in [-0.25, -0.2) is 8.42 Å². The lowest BCUT2D eigenvalue weighted by molar-refractivity contribution is -0.121. The van der Waals surface area contributed by atoms with Crippen molar-refractivity contribution < 1.29 is 17.6 Å². The summed E-state index contributed by atoms with van der Waals surface area (Å²) in [6.45, 7) is 6.83. The number of nitriles is 1. The van der Waals surface area contributed by atoms with E-state index in [0.717, 1.165) is 5.56 Å². The van der Waals surface area contributed by atoms with E-state index in [0.29, 0.717) is 43.1 Å². The van der Waals surface area contributed by atoms with Gasteiger partial charge in [-0.2, -0.15) is 9.57 Å². The zero-order chi connectivity index (χ0) is 21.9. The summed E-state index contributed by atoms with van der Waals surface area (Å²) in [6.07, 6.45) is 0. The summed E-state index contributed by atoms with van der Waals surface area (Å²) >= 11 is 0. The third-order valence-corrected chi connectivity index (χ3v) is 7.37. The van der Waals surface area contributed by atoms with Gasteiger partial charge < -0.3 is 4.42 Å². The molecule has 1 fully saturated rings. The number of aryl methyl sites for hydroxylation is 1. The molecule has 3 rings (SSSR count). The maximum Gasteiger partial charge on any atom is 0.243 e. The molecule has 0 spiro atoms. The first-order chi connectivity index (χ1) is 14.2. The van der Waals surface area contributed by atoms with Crippen molar-refractivity contribution >= 4 is 21.8 Å². The zero-order valence-electron chi connectivity index (χ0n) is 17.4. The SMILES string of the molecule is Cc1oc(NC(=O)C(C)N2CCN(S(=O)(=O)Cc3ccccc3)CC2)c(C#N)c1C. The first kappa shape index (κ1) is 22.0. The number of sulfonamides is 1. The maximum atomic E-state index is 12.7. The van der Waals surface area contributed by atoms with Gasteiger partial charge in [0.1, 0.15) is 17.4 Å². The van der Waals surface area contributed by atoms with Gasteiger partial charge in [-0.05, 0) is 26.3 Å². The Bertz CT molecular complexity index is 1050. The summed E-state index contributed by atoms with van der Waals surface area (Å²) in [7, 11) is -3.41. The molecule has 1 aromatic carbocycles. The number of nitrogens with one attached hydrogen (secondary N) is 1. The van der Waals surface area contributed by atoms with E-state index in [1.165, 1.54) is 4.31 Å². The van der Waals surface area contributed by atoms with E-state index in [4.69, 9.17) is 4.42 Å². The minimum absolute atomic E-state index is 0.0297. The van der Waals surface area contributed by atoms with Gasteiger partial charge in [-0.1, -0.05) is 30.3 Å².